The zero-order chi connectivity index (χ0) is 6.53. The van der Waals surface area contributed by atoms with Crippen molar-refractivity contribution in [2.75, 3.05) is 0 Å². The maximum absolute atomic E-state index is 9.96. The Balaban J connectivity index is 2.72. The van der Waals surface area contributed by atoms with Crippen LogP contribution in [-0.2, 0) is 11.2 Å². The van der Waals surface area contributed by atoms with Crippen molar-refractivity contribution >= 4 is 6.29 Å². The van der Waals surface area contributed by atoms with E-state index < -0.39 is 0 Å². The zero-order valence-electron chi connectivity index (χ0n) is 5.00. The highest BCUT2D eigenvalue weighted by Gasteiger charge is 1.84. The monoisotopic (exact) mass is 119 g/mol. The van der Waals surface area contributed by atoms with E-state index in [1.165, 1.54) is 0 Å². The van der Waals surface area contributed by atoms with Gasteiger partial charge in [0.2, 0.25) is 0 Å². The van der Waals surface area contributed by atoms with Crippen LogP contribution < -0.4 is 0 Å². The first-order chi connectivity index (χ1) is 4.43. The van der Waals surface area contributed by atoms with Gasteiger partial charge in [0, 0.05) is 6.42 Å². The second-order valence-electron chi connectivity index (χ2n) is 1.78. The predicted octanol–water partition coefficient (Wildman–Crippen LogP) is 1.23. The van der Waals surface area contributed by atoms with E-state index in [-0.39, 0.29) is 0 Å². The first-order valence-electron chi connectivity index (χ1n) is 2.82. The van der Waals surface area contributed by atoms with Gasteiger partial charge in [-0.25, -0.2) is 0 Å². The van der Waals surface area contributed by atoms with Crippen molar-refractivity contribution in [1.29, 1.82) is 0 Å². The van der Waals surface area contributed by atoms with Gasteiger partial charge in [-0.1, -0.05) is 24.3 Å². The van der Waals surface area contributed by atoms with E-state index in [9.17, 15) is 4.79 Å². The quantitative estimate of drug-likeness (QED) is 0.535. The molecular formula is C8H7O. The predicted molar refractivity (Wildman–Crippen MR) is 35.0 cm³/mol. The topological polar surface area (TPSA) is 17.1 Å². The molecule has 0 heterocycles. The van der Waals surface area contributed by atoms with Crippen LogP contribution in [0.15, 0.2) is 24.3 Å². The molecule has 0 N–H and O–H groups in total. The number of rotatable bonds is 2. The van der Waals surface area contributed by atoms with Gasteiger partial charge < -0.3 is 4.79 Å². The standard InChI is InChI=1S/C8H7O/c9-7-6-8-4-2-1-3-5-8/h2-5,7H,6H2. The largest absolute Gasteiger partial charge is 0.303 e. The van der Waals surface area contributed by atoms with E-state index in [2.05, 4.69) is 6.07 Å². The molecule has 0 saturated heterocycles. The fourth-order valence-electron chi connectivity index (χ4n) is 0.654. The van der Waals surface area contributed by atoms with Gasteiger partial charge in [0.25, 0.3) is 0 Å². The zero-order valence-corrected chi connectivity index (χ0v) is 5.00. The van der Waals surface area contributed by atoms with Gasteiger partial charge in [-0.2, -0.15) is 0 Å². The van der Waals surface area contributed by atoms with E-state index in [0.717, 1.165) is 11.8 Å². The minimum Gasteiger partial charge on any atom is -0.303 e. The lowest BCUT2D eigenvalue weighted by molar-refractivity contribution is -0.107. The molecular weight excluding hydrogens is 112 g/mol. The second-order valence-corrected chi connectivity index (χ2v) is 1.78. The molecule has 0 bridgehead atoms. The van der Waals surface area contributed by atoms with Crippen LogP contribution in [-0.4, -0.2) is 6.29 Å². The molecule has 0 aliphatic rings. The highest BCUT2D eigenvalue weighted by molar-refractivity contribution is 5.54. The second kappa shape index (κ2) is 3.02. The Labute approximate surface area is 54.3 Å². The molecule has 0 amide bonds. The van der Waals surface area contributed by atoms with Crippen LogP contribution in [0.4, 0.5) is 0 Å². The van der Waals surface area contributed by atoms with Gasteiger partial charge in [-0.3, -0.25) is 0 Å². The van der Waals surface area contributed by atoms with E-state index in [1.54, 1.807) is 12.1 Å². The molecule has 0 aliphatic carbocycles. The molecule has 0 aromatic heterocycles. The van der Waals surface area contributed by atoms with E-state index >= 15 is 0 Å². The Hall–Kier alpha value is -1.11. The Kier molecular flexibility index (Phi) is 2.02. The molecule has 9 heavy (non-hydrogen) atoms. The Bertz CT molecular complexity index is 179. The lowest BCUT2D eigenvalue weighted by Crippen LogP contribution is -1.82. The molecule has 1 radical (unpaired) electrons. The summed E-state index contributed by atoms with van der Waals surface area (Å²) in [5.74, 6) is 0. The van der Waals surface area contributed by atoms with Gasteiger partial charge in [0.1, 0.15) is 6.29 Å². The van der Waals surface area contributed by atoms with Gasteiger partial charge in [0.05, 0.1) is 0 Å². The summed E-state index contributed by atoms with van der Waals surface area (Å²) in [5, 5.41) is 0. The van der Waals surface area contributed by atoms with Crippen LogP contribution in [0, 0.1) is 6.07 Å². The average Bonchev–Trinajstić information content (AvgIpc) is 1.91. The third-order valence-electron chi connectivity index (χ3n) is 1.11. The highest BCUT2D eigenvalue weighted by Crippen LogP contribution is 1.95. The van der Waals surface area contributed by atoms with Gasteiger partial charge in [-0.05, 0) is 11.6 Å². The summed E-state index contributed by atoms with van der Waals surface area (Å²) in [5.41, 5.74) is 1.05. The van der Waals surface area contributed by atoms with Crippen molar-refractivity contribution in [2.45, 2.75) is 6.42 Å². The summed E-state index contributed by atoms with van der Waals surface area (Å²) in [6.07, 6.45) is 1.41. The molecule has 0 spiro atoms. The molecule has 1 heteroatoms. The number of hydrogen-bond donors (Lipinski definition) is 0. The summed E-state index contributed by atoms with van der Waals surface area (Å²) in [4.78, 5) is 9.96. The number of benzene rings is 1. The Morgan fingerprint density at radius 1 is 1.44 bits per heavy atom. The Morgan fingerprint density at radius 2 is 2.11 bits per heavy atom. The lowest BCUT2D eigenvalue weighted by Gasteiger charge is -1.88. The molecule has 0 aliphatic heterocycles. The van der Waals surface area contributed by atoms with Crippen LogP contribution >= 0.6 is 0 Å². The van der Waals surface area contributed by atoms with Crippen LogP contribution in [0.3, 0.4) is 0 Å². The van der Waals surface area contributed by atoms with E-state index in [4.69, 9.17) is 0 Å². The lowest BCUT2D eigenvalue weighted by atomic mass is 10.2. The fourth-order valence-corrected chi connectivity index (χ4v) is 0.654. The number of aldehydes is 1. The first-order valence-corrected chi connectivity index (χ1v) is 2.82. The minimum absolute atomic E-state index is 0.509. The van der Waals surface area contributed by atoms with Crippen LogP contribution in [0.2, 0.25) is 0 Å². The molecule has 0 saturated carbocycles. The van der Waals surface area contributed by atoms with Crippen molar-refractivity contribution in [3.8, 4) is 0 Å². The third-order valence-corrected chi connectivity index (χ3v) is 1.11. The van der Waals surface area contributed by atoms with E-state index in [0.29, 0.717) is 6.42 Å². The van der Waals surface area contributed by atoms with Crippen molar-refractivity contribution in [3.63, 3.8) is 0 Å². The van der Waals surface area contributed by atoms with Crippen molar-refractivity contribution in [2.24, 2.45) is 0 Å². The Morgan fingerprint density at radius 3 is 2.67 bits per heavy atom. The molecule has 0 unspecified atom stereocenters. The summed E-state index contributed by atoms with van der Waals surface area (Å²) in [6.45, 7) is 0. The van der Waals surface area contributed by atoms with Crippen molar-refractivity contribution in [1.82, 2.24) is 0 Å². The molecule has 1 nitrogen and oxygen atoms in total. The normalized spacial score (nSPS) is 8.89. The molecule has 0 atom stereocenters. The van der Waals surface area contributed by atoms with Gasteiger partial charge >= 0.3 is 0 Å². The summed E-state index contributed by atoms with van der Waals surface area (Å²) < 4.78 is 0. The molecule has 1 rings (SSSR count). The van der Waals surface area contributed by atoms with Crippen molar-refractivity contribution < 1.29 is 4.79 Å². The van der Waals surface area contributed by atoms with Gasteiger partial charge in [-0.15, -0.1) is 0 Å². The molecule has 45 valence electrons. The number of carbonyl (C=O) groups is 1. The summed E-state index contributed by atoms with van der Waals surface area (Å²) in [7, 11) is 0. The maximum atomic E-state index is 9.96. The fraction of sp³-hybridized carbons (Fsp3) is 0.125. The average molecular weight is 119 g/mol. The summed E-state index contributed by atoms with van der Waals surface area (Å²) in [6, 6.07) is 10.3. The molecule has 1 aromatic rings. The number of hydrogen-bond acceptors (Lipinski definition) is 1. The first kappa shape index (κ1) is 6.02. The van der Waals surface area contributed by atoms with Crippen molar-refractivity contribution in [3.05, 3.63) is 35.9 Å². The van der Waals surface area contributed by atoms with Gasteiger partial charge in [0.15, 0.2) is 0 Å². The minimum atomic E-state index is 0.509. The SMILES string of the molecule is O=CCc1cc[c]cc1. The van der Waals surface area contributed by atoms with Crippen LogP contribution in [0.25, 0.3) is 0 Å². The van der Waals surface area contributed by atoms with Crippen LogP contribution in [0.1, 0.15) is 5.56 Å². The van der Waals surface area contributed by atoms with Crippen LogP contribution in [0.5, 0.6) is 0 Å². The third kappa shape index (κ3) is 1.68. The molecule has 0 fully saturated rings. The van der Waals surface area contributed by atoms with E-state index in [1.807, 2.05) is 12.1 Å². The number of carbonyl (C=O) groups excluding carboxylic acids is 1. The summed E-state index contributed by atoms with van der Waals surface area (Å²) >= 11 is 0. The maximum Gasteiger partial charge on any atom is 0.124 e. The smallest absolute Gasteiger partial charge is 0.124 e. The molecule has 1 aromatic carbocycles. The highest BCUT2D eigenvalue weighted by atomic mass is 16.1.